The maximum absolute atomic E-state index is 11.5. The number of nitrogens with zero attached hydrogens (tertiary/aromatic N) is 2. The topological polar surface area (TPSA) is 72.0 Å². The van der Waals surface area contributed by atoms with Crippen molar-refractivity contribution in [2.45, 2.75) is 18.1 Å². The molecule has 2 rings (SSSR count). The van der Waals surface area contributed by atoms with Gasteiger partial charge in [0.15, 0.2) is 5.82 Å². The van der Waals surface area contributed by atoms with Crippen molar-refractivity contribution >= 4 is 31.8 Å². The van der Waals surface area contributed by atoms with Crippen LogP contribution in [0.15, 0.2) is 17.0 Å². The van der Waals surface area contributed by atoms with E-state index in [0.717, 1.165) is 12.8 Å². The molecule has 0 spiro atoms. The van der Waals surface area contributed by atoms with Crippen LogP contribution in [0.2, 0.25) is 0 Å². The Morgan fingerprint density at radius 1 is 1.43 bits per heavy atom. The van der Waals surface area contributed by atoms with E-state index >= 15 is 0 Å². The number of sulfonamides is 1. The Labute approximate surface area is 90.1 Å². The summed E-state index contributed by atoms with van der Waals surface area (Å²) >= 11 is 3.11. The number of halogens is 1. The molecule has 1 N–H and O–H groups in total. The van der Waals surface area contributed by atoms with Crippen LogP contribution in [0.25, 0.3) is 0 Å². The van der Waals surface area contributed by atoms with Crippen LogP contribution in [0, 0.1) is 0 Å². The summed E-state index contributed by atoms with van der Waals surface area (Å²) < 4.78 is 25.9. The average Bonchev–Trinajstić information content (AvgIpc) is 2.84. The van der Waals surface area contributed by atoms with E-state index in [1.54, 1.807) is 0 Å². The fourth-order valence-electron chi connectivity index (χ4n) is 0.999. The van der Waals surface area contributed by atoms with Gasteiger partial charge in [0.2, 0.25) is 10.0 Å². The van der Waals surface area contributed by atoms with E-state index in [9.17, 15) is 8.42 Å². The summed E-state index contributed by atoms with van der Waals surface area (Å²) in [7, 11) is -3.23. The molecule has 0 bridgehead atoms. The van der Waals surface area contributed by atoms with Crippen molar-refractivity contribution in [2.24, 2.45) is 0 Å². The van der Waals surface area contributed by atoms with Crippen LogP contribution in [-0.4, -0.2) is 23.6 Å². The summed E-state index contributed by atoms with van der Waals surface area (Å²) in [6, 6.07) is 0. The van der Waals surface area contributed by atoms with Crippen LogP contribution in [0.3, 0.4) is 0 Å². The van der Waals surface area contributed by atoms with Crippen LogP contribution in [-0.2, 0) is 10.0 Å². The second kappa shape index (κ2) is 3.47. The summed E-state index contributed by atoms with van der Waals surface area (Å²) in [4.78, 5) is 7.74. The zero-order chi connectivity index (χ0) is 10.2. The van der Waals surface area contributed by atoms with Crippen LogP contribution in [0.4, 0.5) is 5.82 Å². The zero-order valence-corrected chi connectivity index (χ0v) is 9.55. The molecule has 1 aromatic heterocycles. The van der Waals surface area contributed by atoms with E-state index in [0.29, 0.717) is 4.60 Å². The van der Waals surface area contributed by atoms with Gasteiger partial charge < -0.3 is 0 Å². The lowest BCUT2D eigenvalue weighted by Crippen LogP contribution is -2.18. The Balaban J connectivity index is 2.18. The molecule has 1 fully saturated rings. The van der Waals surface area contributed by atoms with Gasteiger partial charge in [-0.1, -0.05) is 0 Å². The van der Waals surface area contributed by atoms with Gasteiger partial charge in [0.1, 0.15) is 4.60 Å². The Hall–Kier alpha value is -0.690. The fraction of sp³-hybridized carbons (Fsp3) is 0.429. The highest BCUT2D eigenvalue weighted by molar-refractivity contribution is 9.10. The standard InChI is InChI=1S/C7H8BrN3O2S/c8-6-3-9-4-7(10-6)11-14(12,13)5-1-2-5/h3-5H,1-2H2,(H,10,11). The van der Waals surface area contributed by atoms with Gasteiger partial charge in [0.05, 0.1) is 17.6 Å². The van der Waals surface area contributed by atoms with Gasteiger partial charge >= 0.3 is 0 Å². The Kier molecular flexibility index (Phi) is 2.44. The van der Waals surface area contributed by atoms with E-state index in [1.807, 2.05) is 0 Å². The van der Waals surface area contributed by atoms with Crippen molar-refractivity contribution in [1.29, 1.82) is 0 Å². The van der Waals surface area contributed by atoms with Gasteiger partial charge in [-0.25, -0.2) is 13.4 Å². The minimum absolute atomic E-state index is 0.247. The first-order valence-corrected chi connectivity index (χ1v) is 6.41. The zero-order valence-electron chi connectivity index (χ0n) is 7.14. The molecule has 14 heavy (non-hydrogen) atoms. The first-order valence-electron chi connectivity index (χ1n) is 4.07. The molecule has 7 heteroatoms. The molecule has 1 saturated carbocycles. The monoisotopic (exact) mass is 277 g/mol. The fourth-order valence-corrected chi connectivity index (χ4v) is 2.62. The van der Waals surface area contributed by atoms with E-state index in [2.05, 4.69) is 30.6 Å². The first-order chi connectivity index (χ1) is 6.58. The highest BCUT2D eigenvalue weighted by atomic mass is 79.9. The molecule has 0 amide bonds. The van der Waals surface area contributed by atoms with Crippen LogP contribution >= 0.6 is 15.9 Å². The Morgan fingerprint density at radius 3 is 2.71 bits per heavy atom. The van der Waals surface area contributed by atoms with E-state index in [1.165, 1.54) is 12.4 Å². The van der Waals surface area contributed by atoms with Gasteiger partial charge in [-0.15, -0.1) is 0 Å². The SMILES string of the molecule is O=S(=O)(Nc1cncc(Br)n1)C1CC1. The molecule has 0 saturated heterocycles. The highest BCUT2D eigenvalue weighted by Gasteiger charge is 2.35. The number of nitrogens with one attached hydrogen (secondary N) is 1. The predicted molar refractivity (Wildman–Crippen MR) is 55.3 cm³/mol. The van der Waals surface area contributed by atoms with Crippen LogP contribution in [0.1, 0.15) is 12.8 Å². The third-order valence-corrected chi connectivity index (χ3v) is 4.04. The van der Waals surface area contributed by atoms with Crippen molar-refractivity contribution in [3.05, 3.63) is 17.0 Å². The summed E-state index contributed by atoms with van der Waals surface area (Å²) in [6.07, 6.45) is 4.34. The average molecular weight is 278 g/mol. The molecule has 5 nitrogen and oxygen atoms in total. The molecule has 0 radical (unpaired) electrons. The lowest BCUT2D eigenvalue weighted by atomic mass is 10.7. The molecule has 1 aliphatic rings. The van der Waals surface area contributed by atoms with Gasteiger partial charge in [-0.2, -0.15) is 0 Å². The lowest BCUT2D eigenvalue weighted by Gasteiger charge is -2.04. The van der Waals surface area contributed by atoms with Crippen molar-refractivity contribution in [3.8, 4) is 0 Å². The molecule has 0 unspecified atom stereocenters. The quantitative estimate of drug-likeness (QED) is 0.900. The summed E-state index contributed by atoms with van der Waals surface area (Å²) in [5.74, 6) is 0.256. The molecule has 0 aromatic carbocycles. The van der Waals surface area contributed by atoms with Gasteiger partial charge in [-0.05, 0) is 28.8 Å². The van der Waals surface area contributed by atoms with Crippen molar-refractivity contribution < 1.29 is 8.42 Å². The third kappa shape index (κ3) is 2.21. The molecule has 76 valence electrons. The number of hydrogen-bond donors (Lipinski definition) is 1. The molecule has 0 aliphatic heterocycles. The highest BCUT2D eigenvalue weighted by Crippen LogP contribution is 2.29. The normalized spacial score (nSPS) is 16.6. The molecule has 1 aliphatic carbocycles. The van der Waals surface area contributed by atoms with E-state index in [-0.39, 0.29) is 11.1 Å². The minimum Gasteiger partial charge on any atom is -0.266 e. The smallest absolute Gasteiger partial charge is 0.236 e. The first kappa shape index (κ1) is 9.85. The number of hydrogen-bond acceptors (Lipinski definition) is 4. The molecule has 1 heterocycles. The molecule has 0 atom stereocenters. The summed E-state index contributed by atoms with van der Waals surface area (Å²) in [5.41, 5.74) is 0. The van der Waals surface area contributed by atoms with E-state index in [4.69, 9.17) is 0 Å². The maximum atomic E-state index is 11.5. The Morgan fingerprint density at radius 2 is 2.14 bits per heavy atom. The second-order valence-corrected chi connectivity index (χ2v) is 5.85. The molecule has 1 aromatic rings. The number of aromatic nitrogens is 2. The summed E-state index contributed by atoms with van der Waals surface area (Å²) in [5, 5.41) is -0.247. The van der Waals surface area contributed by atoms with Crippen LogP contribution in [0.5, 0.6) is 0 Å². The largest absolute Gasteiger partial charge is 0.266 e. The Bertz CT molecular complexity index is 444. The van der Waals surface area contributed by atoms with Crippen molar-refractivity contribution in [2.75, 3.05) is 4.72 Å². The maximum Gasteiger partial charge on any atom is 0.236 e. The van der Waals surface area contributed by atoms with Crippen molar-refractivity contribution in [3.63, 3.8) is 0 Å². The molecular formula is C7H8BrN3O2S. The van der Waals surface area contributed by atoms with Crippen molar-refractivity contribution in [1.82, 2.24) is 9.97 Å². The van der Waals surface area contributed by atoms with Gasteiger partial charge in [0, 0.05) is 0 Å². The predicted octanol–water partition coefficient (Wildman–Crippen LogP) is 1.14. The third-order valence-electron chi connectivity index (χ3n) is 1.82. The molecular weight excluding hydrogens is 270 g/mol. The lowest BCUT2D eigenvalue weighted by molar-refractivity contribution is 0.599. The summed E-state index contributed by atoms with van der Waals surface area (Å²) in [6.45, 7) is 0. The van der Waals surface area contributed by atoms with Gasteiger partial charge in [0.25, 0.3) is 0 Å². The van der Waals surface area contributed by atoms with Gasteiger partial charge in [-0.3, -0.25) is 9.71 Å². The number of anilines is 1. The number of rotatable bonds is 3. The van der Waals surface area contributed by atoms with Crippen LogP contribution < -0.4 is 4.72 Å². The van der Waals surface area contributed by atoms with E-state index < -0.39 is 10.0 Å². The second-order valence-electron chi connectivity index (χ2n) is 3.07. The minimum atomic E-state index is -3.23.